The summed E-state index contributed by atoms with van der Waals surface area (Å²) in [6.07, 6.45) is -2.31. The van der Waals surface area contributed by atoms with Gasteiger partial charge in [0, 0.05) is 16.8 Å². The summed E-state index contributed by atoms with van der Waals surface area (Å²) in [6.45, 7) is 0. The molecule has 1 aromatic carbocycles. The standard InChI is InChI=1S/C12H10BrF3O/c13-10-6-9(12(14,15)16)4-3-8(10)5-11(17)7-1-2-7/h3-4,6-7H,1-2,5H2. The van der Waals surface area contributed by atoms with E-state index < -0.39 is 11.7 Å². The fourth-order valence-corrected chi connectivity index (χ4v) is 2.12. The molecule has 92 valence electrons. The molecule has 0 atom stereocenters. The van der Waals surface area contributed by atoms with Crippen molar-refractivity contribution < 1.29 is 18.0 Å². The third-order valence-corrected chi connectivity index (χ3v) is 3.52. The van der Waals surface area contributed by atoms with Crippen molar-refractivity contribution in [2.45, 2.75) is 25.4 Å². The molecule has 0 aliphatic heterocycles. The van der Waals surface area contributed by atoms with E-state index in [2.05, 4.69) is 15.9 Å². The highest BCUT2D eigenvalue weighted by molar-refractivity contribution is 9.10. The molecule has 5 heteroatoms. The van der Waals surface area contributed by atoms with Gasteiger partial charge >= 0.3 is 6.18 Å². The lowest BCUT2D eigenvalue weighted by atomic mass is 10.0. The van der Waals surface area contributed by atoms with Gasteiger partial charge in [0.05, 0.1) is 5.56 Å². The summed E-state index contributed by atoms with van der Waals surface area (Å²) in [4.78, 5) is 11.6. The number of Topliss-reactive ketones (excluding diaryl/α,β-unsaturated/α-hetero) is 1. The van der Waals surface area contributed by atoms with Crippen LogP contribution in [0.1, 0.15) is 24.0 Å². The summed E-state index contributed by atoms with van der Waals surface area (Å²) < 4.78 is 37.6. The molecule has 2 rings (SSSR count). The van der Waals surface area contributed by atoms with Crippen molar-refractivity contribution in [3.8, 4) is 0 Å². The Balaban J connectivity index is 2.16. The van der Waals surface area contributed by atoms with Gasteiger partial charge in [0.15, 0.2) is 0 Å². The van der Waals surface area contributed by atoms with Gasteiger partial charge in [-0.05, 0) is 30.5 Å². The number of carbonyl (C=O) groups is 1. The monoisotopic (exact) mass is 306 g/mol. The van der Waals surface area contributed by atoms with Gasteiger partial charge in [-0.2, -0.15) is 13.2 Å². The van der Waals surface area contributed by atoms with Crippen LogP contribution in [0.5, 0.6) is 0 Å². The Bertz CT molecular complexity index is 450. The molecule has 0 bridgehead atoms. The summed E-state index contributed by atoms with van der Waals surface area (Å²) in [5, 5.41) is 0. The van der Waals surface area contributed by atoms with Crippen LogP contribution in [0.25, 0.3) is 0 Å². The van der Waals surface area contributed by atoms with Gasteiger partial charge in [-0.25, -0.2) is 0 Å². The number of hydrogen-bond donors (Lipinski definition) is 0. The molecule has 0 saturated heterocycles. The van der Waals surface area contributed by atoms with Crippen molar-refractivity contribution in [2.75, 3.05) is 0 Å². The third kappa shape index (κ3) is 3.09. The minimum Gasteiger partial charge on any atom is -0.299 e. The second kappa shape index (κ2) is 4.44. The molecule has 1 aliphatic rings. The van der Waals surface area contributed by atoms with Crippen LogP contribution in [-0.4, -0.2) is 5.78 Å². The zero-order valence-electron chi connectivity index (χ0n) is 8.85. The zero-order valence-corrected chi connectivity index (χ0v) is 10.4. The SMILES string of the molecule is O=C(Cc1ccc(C(F)(F)F)cc1Br)C1CC1. The lowest BCUT2D eigenvalue weighted by molar-refractivity contribution is -0.137. The molecule has 0 radical (unpaired) electrons. The molecular weight excluding hydrogens is 297 g/mol. The van der Waals surface area contributed by atoms with Crippen LogP contribution < -0.4 is 0 Å². The average molecular weight is 307 g/mol. The van der Waals surface area contributed by atoms with Gasteiger partial charge < -0.3 is 0 Å². The van der Waals surface area contributed by atoms with E-state index in [1.807, 2.05) is 0 Å². The van der Waals surface area contributed by atoms with E-state index in [-0.39, 0.29) is 18.1 Å². The first kappa shape index (κ1) is 12.6. The maximum absolute atomic E-state index is 12.4. The quantitative estimate of drug-likeness (QED) is 0.825. The summed E-state index contributed by atoms with van der Waals surface area (Å²) in [5.74, 6) is 0.245. The van der Waals surface area contributed by atoms with Crippen molar-refractivity contribution in [2.24, 2.45) is 5.92 Å². The van der Waals surface area contributed by atoms with Crippen LogP contribution >= 0.6 is 15.9 Å². The lowest BCUT2D eigenvalue weighted by Gasteiger charge is -2.09. The normalized spacial score (nSPS) is 16.0. The van der Waals surface area contributed by atoms with E-state index in [4.69, 9.17) is 0 Å². The lowest BCUT2D eigenvalue weighted by Crippen LogP contribution is -2.08. The van der Waals surface area contributed by atoms with Crippen LogP contribution in [-0.2, 0) is 17.4 Å². The summed E-state index contributed by atoms with van der Waals surface area (Å²) in [6, 6.07) is 3.41. The fourth-order valence-electron chi connectivity index (χ4n) is 1.60. The Morgan fingerprint density at radius 2 is 2.00 bits per heavy atom. The van der Waals surface area contributed by atoms with Gasteiger partial charge in [-0.15, -0.1) is 0 Å². The highest BCUT2D eigenvalue weighted by atomic mass is 79.9. The van der Waals surface area contributed by atoms with Crippen molar-refractivity contribution in [3.05, 3.63) is 33.8 Å². The van der Waals surface area contributed by atoms with Gasteiger partial charge in [0.2, 0.25) is 0 Å². The maximum atomic E-state index is 12.4. The van der Waals surface area contributed by atoms with Crippen molar-refractivity contribution in [3.63, 3.8) is 0 Å². The highest BCUT2D eigenvalue weighted by Crippen LogP contribution is 2.34. The van der Waals surface area contributed by atoms with Crippen LogP contribution in [0.15, 0.2) is 22.7 Å². The topological polar surface area (TPSA) is 17.1 Å². The van der Waals surface area contributed by atoms with Crippen LogP contribution in [0.2, 0.25) is 0 Å². The molecule has 0 heterocycles. The molecule has 0 aromatic heterocycles. The molecule has 0 spiro atoms. The van der Waals surface area contributed by atoms with Gasteiger partial charge in [-0.3, -0.25) is 4.79 Å². The molecule has 0 amide bonds. The molecule has 1 nitrogen and oxygen atoms in total. The number of hydrogen-bond acceptors (Lipinski definition) is 1. The molecule has 1 aromatic rings. The summed E-state index contributed by atoms with van der Waals surface area (Å²) >= 11 is 3.09. The predicted molar refractivity (Wildman–Crippen MR) is 60.6 cm³/mol. The van der Waals surface area contributed by atoms with E-state index in [9.17, 15) is 18.0 Å². The Kier molecular flexibility index (Phi) is 3.30. The summed E-state index contributed by atoms with van der Waals surface area (Å²) in [7, 11) is 0. The summed E-state index contributed by atoms with van der Waals surface area (Å²) in [5.41, 5.74) is -0.0816. The van der Waals surface area contributed by atoms with Gasteiger partial charge in [0.25, 0.3) is 0 Å². The average Bonchev–Trinajstić information content (AvgIpc) is 3.02. The number of alkyl halides is 3. The van der Waals surface area contributed by atoms with E-state index >= 15 is 0 Å². The van der Waals surface area contributed by atoms with Crippen molar-refractivity contribution in [1.82, 2.24) is 0 Å². The van der Waals surface area contributed by atoms with E-state index in [1.165, 1.54) is 6.07 Å². The van der Waals surface area contributed by atoms with Gasteiger partial charge in [-0.1, -0.05) is 22.0 Å². The fraction of sp³-hybridized carbons (Fsp3) is 0.417. The Hall–Kier alpha value is -0.840. The van der Waals surface area contributed by atoms with E-state index in [0.717, 1.165) is 25.0 Å². The first-order valence-electron chi connectivity index (χ1n) is 5.26. The number of benzene rings is 1. The molecule has 1 saturated carbocycles. The Morgan fingerprint density at radius 3 is 2.47 bits per heavy atom. The van der Waals surface area contributed by atoms with Crippen molar-refractivity contribution in [1.29, 1.82) is 0 Å². The number of halogens is 4. The van der Waals surface area contributed by atoms with Crippen LogP contribution in [0.3, 0.4) is 0 Å². The molecule has 17 heavy (non-hydrogen) atoms. The molecular formula is C12H10BrF3O. The van der Waals surface area contributed by atoms with Crippen molar-refractivity contribution >= 4 is 21.7 Å². The smallest absolute Gasteiger partial charge is 0.299 e. The number of rotatable bonds is 3. The maximum Gasteiger partial charge on any atom is 0.416 e. The second-order valence-electron chi connectivity index (χ2n) is 4.22. The van der Waals surface area contributed by atoms with Crippen LogP contribution in [0, 0.1) is 5.92 Å². The molecule has 0 N–H and O–H groups in total. The largest absolute Gasteiger partial charge is 0.416 e. The Labute approximate surface area is 105 Å². The predicted octanol–water partition coefficient (Wildman–Crippen LogP) is 3.99. The van der Waals surface area contributed by atoms with E-state index in [0.29, 0.717) is 10.0 Å². The second-order valence-corrected chi connectivity index (χ2v) is 5.08. The first-order valence-corrected chi connectivity index (χ1v) is 6.05. The first-order chi connectivity index (χ1) is 7.88. The third-order valence-electron chi connectivity index (χ3n) is 2.78. The number of carbonyl (C=O) groups excluding carboxylic acids is 1. The molecule has 0 unspecified atom stereocenters. The highest BCUT2D eigenvalue weighted by Gasteiger charge is 2.32. The minimum absolute atomic E-state index is 0.116. The van der Waals surface area contributed by atoms with Crippen LogP contribution in [0.4, 0.5) is 13.2 Å². The number of ketones is 1. The molecule has 1 fully saturated rings. The minimum atomic E-state index is -4.35. The van der Waals surface area contributed by atoms with Gasteiger partial charge in [0.1, 0.15) is 5.78 Å². The van der Waals surface area contributed by atoms with E-state index in [1.54, 1.807) is 0 Å². The molecule has 1 aliphatic carbocycles. The zero-order chi connectivity index (χ0) is 12.6. The Morgan fingerprint density at radius 1 is 1.35 bits per heavy atom.